The number of aliphatic imine (C=N–C) groups is 1. The molecule has 0 bridgehead atoms. The van der Waals surface area contributed by atoms with E-state index in [1.807, 2.05) is 30.3 Å². The molecular formula is C25H31IN4O2. The second-order valence-electron chi connectivity index (χ2n) is 7.40. The average molecular weight is 546 g/mol. The first kappa shape index (κ1) is 25.5. The van der Waals surface area contributed by atoms with Gasteiger partial charge < -0.3 is 20.4 Å². The van der Waals surface area contributed by atoms with Gasteiger partial charge >= 0.3 is 0 Å². The van der Waals surface area contributed by atoms with E-state index in [9.17, 15) is 4.79 Å². The average Bonchev–Trinajstić information content (AvgIpc) is 3.32. The van der Waals surface area contributed by atoms with Gasteiger partial charge in [-0.3, -0.25) is 4.79 Å². The number of benzene rings is 2. The maximum absolute atomic E-state index is 12.2. The van der Waals surface area contributed by atoms with Crippen molar-refractivity contribution in [2.75, 3.05) is 11.9 Å². The fraction of sp³-hybridized carbons (Fsp3) is 0.280. The highest BCUT2D eigenvalue weighted by Gasteiger charge is 2.09. The summed E-state index contributed by atoms with van der Waals surface area (Å²) in [4.78, 5) is 16.9. The Morgan fingerprint density at radius 2 is 1.81 bits per heavy atom. The maximum Gasteiger partial charge on any atom is 0.291 e. The Bertz CT molecular complexity index is 975. The van der Waals surface area contributed by atoms with Crippen LogP contribution in [0.25, 0.3) is 0 Å². The first-order valence-corrected chi connectivity index (χ1v) is 10.7. The first-order valence-electron chi connectivity index (χ1n) is 10.7. The van der Waals surface area contributed by atoms with Gasteiger partial charge in [0.05, 0.1) is 12.8 Å². The molecule has 1 amide bonds. The highest BCUT2D eigenvalue weighted by molar-refractivity contribution is 14.0. The Morgan fingerprint density at radius 1 is 1.03 bits per heavy atom. The summed E-state index contributed by atoms with van der Waals surface area (Å²) in [7, 11) is 0. The zero-order valence-electron chi connectivity index (χ0n) is 18.5. The van der Waals surface area contributed by atoms with Crippen LogP contribution in [0, 0.1) is 0 Å². The van der Waals surface area contributed by atoms with E-state index in [2.05, 4.69) is 54.1 Å². The van der Waals surface area contributed by atoms with Gasteiger partial charge in [0, 0.05) is 18.3 Å². The van der Waals surface area contributed by atoms with Crippen LogP contribution in [0.4, 0.5) is 5.69 Å². The fourth-order valence-corrected chi connectivity index (χ4v) is 3.17. The summed E-state index contributed by atoms with van der Waals surface area (Å²) in [6.07, 6.45) is 3.52. The van der Waals surface area contributed by atoms with E-state index in [0.29, 0.717) is 12.2 Å². The van der Waals surface area contributed by atoms with Crippen molar-refractivity contribution in [1.29, 1.82) is 0 Å². The molecule has 1 heterocycles. The van der Waals surface area contributed by atoms with Gasteiger partial charge in [0.25, 0.3) is 5.91 Å². The normalized spacial score (nSPS) is 11.9. The number of anilines is 1. The Balaban J connectivity index is 0.00000363. The van der Waals surface area contributed by atoms with Crippen molar-refractivity contribution in [3.8, 4) is 0 Å². The van der Waals surface area contributed by atoms with Crippen molar-refractivity contribution in [3.05, 3.63) is 89.9 Å². The number of carbonyl (C=O) groups excluding carboxylic acids is 1. The van der Waals surface area contributed by atoms with Gasteiger partial charge in [-0.05, 0) is 62.1 Å². The lowest BCUT2D eigenvalue weighted by atomic mass is 10.1. The predicted molar refractivity (Wildman–Crippen MR) is 141 cm³/mol. The highest BCUT2D eigenvalue weighted by atomic mass is 127. The molecule has 0 aliphatic carbocycles. The van der Waals surface area contributed by atoms with E-state index >= 15 is 0 Å². The Labute approximate surface area is 206 Å². The number of hydrogen-bond acceptors (Lipinski definition) is 3. The summed E-state index contributed by atoms with van der Waals surface area (Å²) < 4.78 is 5.14. The molecule has 32 heavy (non-hydrogen) atoms. The van der Waals surface area contributed by atoms with Crippen molar-refractivity contribution in [2.24, 2.45) is 4.99 Å². The first-order chi connectivity index (χ1) is 15.1. The summed E-state index contributed by atoms with van der Waals surface area (Å²) in [6.45, 7) is 5.51. The number of halogens is 1. The zero-order valence-corrected chi connectivity index (χ0v) is 20.8. The lowest BCUT2D eigenvalue weighted by molar-refractivity contribution is 0.0996. The lowest BCUT2D eigenvalue weighted by Gasteiger charge is -2.18. The molecule has 2 aromatic carbocycles. The second-order valence-corrected chi connectivity index (χ2v) is 7.40. The van der Waals surface area contributed by atoms with Gasteiger partial charge in [0.2, 0.25) is 0 Å². The number of carbonyl (C=O) groups is 1. The molecule has 0 aliphatic rings. The van der Waals surface area contributed by atoms with E-state index < -0.39 is 0 Å². The van der Waals surface area contributed by atoms with Crippen molar-refractivity contribution in [1.82, 2.24) is 10.6 Å². The van der Waals surface area contributed by atoms with Gasteiger partial charge in [-0.25, -0.2) is 4.99 Å². The van der Waals surface area contributed by atoms with Crippen molar-refractivity contribution < 1.29 is 9.21 Å². The van der Waals surface area contributed by atoms with Crippen LogP contribution < -0.4 is 16.0 Å². The molecule has 170 valence electrons. The van der Waals surface area contributed by atoms with Crippen LogP contribution in [0.5, 0.6) is 0 Å². The van der Waals surface area contributed by atoms with E-state index in [4.69, 9.17) is 9.41 Å². The molecule has 1 unspecified atom stereocenters. The highest BCUT2D eigenvalue weighted by Crippen LogP contribution is 2.13. The number of nitrogens with zero attached hydrogens (tertiary/aromatic N) is 1. The topological polar surface area (TPSA) is 78.7 Å². The summed E-state index contributed by atoms with van der Waals surface area (Å²) in [5.41, 5.74) is 3.06. The molecule has 3 rings (SSSR count). The van der Waals surface area contributed by atoms with Crippen LogP contribution in [0.1, 0.15) is 41.9 Å². The molecular weight excluding hydrogens is 515 g/mol. The molecule has 1 atom stereocenters. The van der Waals surface area contributed by atoms with Crippen LogP contribution in [-0.2, 0) is 13.0 Å². The van der Waals surface area contributed by atoms with Gasteiger partial charge in [-0.2, -0.15) is 0 Å². The number of guanidine groups is 1. The molecule has 6 nitrogen and oxygen atoms in total. The Hall–Kier alpha value is -2.81. The molecule has 7 heteroatoms. The molecule has 3 aromatic rings. The predicted octanol–water partition coefficient (Wildman–Crippen LogP) is 5.23. The molecule has 3 N–H and O–H groups in total. The third kappa shape index (κ3) is 8.37. The molecule has 0 aliphatic heterocycles. The minimum atomic E-state index is -0.270. The van der Waals surface area contributed by atoms with Crippen LogP contribution in [0.3, 0.4) is 0 Å². The van der Waals surface area contributed by atoms with Crippen molar-refractivity contribution in [2.45, 2.75) is 39.3 Å². The van der Waals surface area contributed by atoms with Gasteiger partial charge in [-0.1, -0.05) is 42.5 Å². The fourth-order valence-electron chi connectivity index (χ4n) is 3.17. The number of amides is 1. The molecule has 0 fully saturated rings. The zero-order chi connectivity index (χ0) is 21.9. The molecule has 0 radical (unpaired) electrons. The number of rotatable bonds is 9. The molecule has 1 aromatic heterocycles. The number of furan rings is 1. The Kier molecular flexibility index (Phi) is 10.8. The Morgan fingerprint density at radius 3 is 2.53 bits per heavy atom. The molecule has 0 saturated heterocycles. The number of nitrogens with one attached hydrogen (secondary N) is 3. The van der Waals surface area contributed by atoms with Crippen LogP contribution >= 0.6 is 24.0 Å². The molecule has 0 saturated carbocycles. The third-order valence-corrected chi connectivity index (χ3v) is 4.79. The van der Waals surface area contributed by atoms with Gasteiger partial charge in [-0.15, -0.1) is 24.0 Å². The van der Waals surface area contributed by atoms with E-state index in [-0.39, 0.29) is 41.7 Å². The van der Waals surface area contributed by atoms with Gasteiger partial charge in [0.1, 0.15) is 0 Å². The van der Waals surface area contributed by atoms with E-state index in [1.54, 1.807) is 12.1 Å². The lowest BCUT2D eigenvalue weighted by Crippen LogP contribution is -2.42. The van der Waals surface area contributed by atoms with Crippen LogP contribution in [0.2, 0.25) is 0 Å². The summed E-state index contributed by atoms with van der Waals surface area (Å²) in [6, 6.07) is 21.8. The van der Waals surface area contributed by atoms with Gasteiger partial charge in [0.15, 0.2) is 11.7 Å². The minimum Gasteiger partial charge on any atom is -0.459 e. The standard InChI is InChI=1S/C25H30N4O2.HI/c1-3-26-25(28-19(2)14-15-20-9-5-4-6-10-20)27-18-21-11-7-12-22(17-21)29-24(30)23-13-8-16-31-23;/h4-13,16-17,19H,3,14-15,18H2,1-2H3,(H,29,30)(H2,26,27,28);1H. The second kappa shape index (κ2) is 13.6. The molecule has 0 spiro atoms. The number of hydrogen-bond donors (Lipinski definition) is 3. The summed E-state index contributed by atoms with van der Waals surface area (Å²) >= 11 is 0. The van der Waals surface area contributed by atoms with Crippen molar-refractivity contribution >= 4 is 41.5 Å². The maximum atomic E-state index is 12.2. The monoisotopic (exact) mass is 546 g/mol. The SMILES string of the molecule is CCNC(=NCc1cccc(NC(=O)c2ccco2)c1)NC(C)CCc1ccccc1.I. The van der Waals surface area contributed by atoms with E-state index in [1.165, 1.54) is 11.8 Å². The van der Waals surface area contributed by atoms with Crippen LogP contribution in [0.15, 0.2) is 82.4 Å². The third-order valence-electron chi connectivity index (χ3n) is 4.79. The van der Waals surface area contributed by atoms with Crippen LogP contribution in [-0.4, -0.2) is 24.5 Å². The van der Waals surface area contributed by atoms with Crippen molar-refractivity contribution in [3.63, 3.8) is 0 Å². The summed E-state index contributed by atoms with van der Waals surface area (Å²) in [5.74, 6) is 0.799. The smallest absolute Gasteiger partial charge is 0.291 e. The quantitative estimate of drug-likeness (QED) is 0.195. The summed E-state index contributed by atoms with van der Waals surface area (Å²) in [5, 5.41) is 9.63. The largest absolute Gasteiger partial charge is 0.459 e. The van der Waals surface area contributed by atoms with E-state index in [0.717, 1.165) is 30.9 Å². The number of aryl methyl sites for hydroxylation is 1. The minimum absolute atomic E-state index is 0.